The molecule has 2 rings (SSSR count). The van der Waals surface area contributed by atoms with E-state index in [9.17, 15) is 9.59 Å². The van der Waals surface area contributed by atoms with Gasteiger partial charge in [-0.25, -0.2) is 9.78 Å². The number of hydrogen-bond acceptors (Lipinski definition) is 3. The lowest BCUT2D eigenvalue weighted by molar-refractivity contribution is 0.0963. The molecule has 0 fully saturated rings. The SMILES string of the molecule is CNC(=O)c1cccc(NC(=O)n2ccnc2)c1. The summed E-state index contributed by atoms with van der Waals surface area (Å²) in [6, 6.07) is 6.36. The van der Waals surface area contributed by atoms with Gasteiger partial charge >= 0.3 is 6.03 Å². The summed E-state index contributed by atoms with van der Waals surface area (Å²) in [5.41, 5.74) is 1.04. The highest BCUT2D eigenvalue weighted by molar-refractivity contribution is 5.97. The van der Waals surface area contributed by atoms with E-state index in [0.717, 1.165) is 0 Å². The lowest BCUT2D eigenvalue weighted by Gasteiger charge is -2.06. The van der Waals surface area contributed by atoms with Crippen molar-refractivity contribution in [3.05, 3.63) is 48.5 Å². The fourth-order valence-corrected chi connectivity index (χ4v) is 1.45. The van der Waals surface area contributed by atoms with Crippen LogP contribution in [-0.2, 0) is 0 Å². The van der Waals surface area contributed by atoms with E-state index in [0.29, 0.717) is 11.3 Å². The molecule has 2 N–H and O–H groups in total. The van der Waals surface area contributed by atoms with Crippen LogP contribution in [0, 0.1) is 0 Å². The van der Waals surface area contributed by atoms with Crippen LogP contribution in [0.15, 0.2) is 43.0 Å². The van der Waals surface area contributed by atoms with Crippen molar-refractivity contribution in [1.29, 1.82) is 0 Å². The van der Waals surface area contributed by atoms with E-state index < -0.39 is 0 Å². The van der Waals surface area contributed by atoms with Crippen molar-refractivity contribution in [3.8, 4) is 0 Å². The molecule has 1 heterocycles. The molecule has 6 nitrogen and oxygen atoms in total. The van der Waals surface area contributed by atoms with Crippen LogP contribution in [0.2, 0.25) is 0 Å². The molecule has 2 amide bonds. The maximum atomic E-state index is 11.7. The summed E-state index contributed by atoms with van der Waals surface area (Å²) >= 11 is 0. The number of nitrogens with zero attached hydrogens (tertiary/aromatic N) is 2. The monoisotopic (exact) mass is 244 g/mol. The number of carbonyl (C=O) groups excluding carboxylic acids is 2. The predicted octanol–water partition coefficient (Wildman–Crippen LogP) is 1.32. The second-order valence-corrected chi connectivity index (χ2v) is 3.56. The van der Waals surface area contributed by atoms with Crippen LogP contribution in [0.1, 0.15) is 10.4 Å². The highest BCUT2D eigenvalue weighted by Crippen LogP contribution is 2.11. The number of amides is 2. The van der Waals surface area contributed by atoms with Gasteiger partial charge in [0.15, 0.2) is 0 Å². The number of nitrogens with one attached hydrogen (secondary N) is 2. The molecule has 6 heteroatoms. The molecule has 92 valence electrons. The number of anilines is 1. The van der Waals surface area contributed by atoms with Crippen LogP contribution in [-0.4, -0.2) is 28.5 Å². The van der Waals surface area contributed by atoms with Crippen molar-refractivity contribution in [2.24, 2.45) is 0 Å². The molecule has 0 aliphatic carbocycles. The van der Waals surface area contributed by atoms with E-state index in [1.165, 1.54) is 23.3 Å². The molecule has 1 aromatic heterocycles. The third-order valence-electron chi connectivity index (χ3n) is 2.34. The minimum atomic E-state index is -0.332. The van der Waals surface area contributed by atoms with Crippen LogP contribution in [0.3, 0.4) is 0 Å². The highest BCUT2D eigenvalue weighted by Gasteiger charge is 2.07. The lowest BCUT2D eigenvalue weighted by atomic mass is 10.2. The van der Waals surface area contributed by atoms with Crippen LogP contribution < -0.4 is 10.6 Å². The minimum Gasteiger partial charge on any atom is -0.355 e. The van der Waals surface area contributed by atoms with Crippen LogP contribution in [0.4, 0.5) is 10.5 Å². The molecular formula is C12H12N4O2. The van der Waals surface area contributed by atoms with Gasteiger partial charge in [-0.15, -0.1) is 0 Å². The first-order valence-corrected chi connectivity index (χ1v) is 5.32. The van der Waals surface area contributed by atoms with Gasteiger partial charge < -0.3 is 10.6 Å². The Bertz CT molecular complexity index is 563. The summed E-state index contributed by atoms with van der Waals surface area (Å²) < 4.78 is 1.31. The maximum absolute atomic E-state index is 11.7. The average molecular weight is 244 g/mol. The highest BCUT2D eigenvalue weighted by atomic mass is 16.2. The minimum absolute atomic E-state index is 0.200. The Kier molecular flexibility index (Phi) is 3.38. The van der Waals surface area contributed by atoms with E-state index in [1.807, 2.05) is 0 Å². The summed E-state index contributed by atoms with van der Waals surface area (Å²) in [6.45, 7) is 0. The fourth-order valence-electron chi connectivity index (χ4n) is 1.45. The number of imidazole rings is 1. The van der Waals surface area contributed by atoms with Gasteiger partial charge in [-0.2, -0.15) is 0 Å². The number of carbonyl (C=O) groups is 2. The molecule has 2 aromatic rings. The first-order valence-electron chi connectivity index (χ1n) is 5.32. The first kappa shape index (κ1) is 11.8. The normalized spacial score (nSPS) is 9.83. The topological polar surface area (TPSA) is 76.0 Å². The third-order valence-corrected chi connectivity index (χ3v) is 2.34. The molecule has 0 unspecified atom stereocenters. The van der Waals surface area contributed by atoms with E-state index in [2.05, 4.69) is 15.6 Å². The van der Waals surface area contributed by atoms with E-state index in [-0.39, 0.29) is 11.9 Å². The fraction of sp³-hybridized carbons (Fsp3) is 0.0833. The molecule has 0 aliphatic rings. The molecule has 18 heavy (non-hydrogen) atoms. The van der Waals surface area contributed by atoms with E-state index >= 15 is 0 Å². The standard InChI is InChI=1S/C12H12N4O2/c1-13-11(17)9-3-2-4-10(7-9)15-12(18)16-6-5-14-8-16/h2-8H,1H3,(H,13,17)(H,15,18). The van der Waals surface area contributed by atoms with Crippen molar-refractivity contribution in [1.82, 2.24) is 14.9 Å². The molecule has 0 saturated heterocycles. The van der Waals surface area contributed by atoms with E-state index in [4.69, 9.17) is 0 Å². The van der Waals surface area contributed by atoms with Gasteiger partial charge in [0, 0.05) is 30.7 Å². The quantitative estimate of drug-likeness (QED) is 0.836. The molecule has 0 saturated carbocycles. The average Bonchev–Trinajstić information content (AvgIpc) is 2.92. The first-order chi connectivity index (χ1) is 8.70. The zero-order valence-corrected chi connectivity index (χ0v) is 9.75. The van der Waals surface area contributed by atoms with Crippen molar-refractivity contribution in [2.75, 3.05) is 12.4 Å². The molecule has 1 aromatic carbocycles. The Morgan fingerprint density at radius 1 is 1.33 bits per heavy atom. The van der Waals surface area contributed by atoms with Gasteiger partial charge in [-0.1, -0.05) is 6.07 Å². The van der Waals surface area contributed by atoms with Gasteiger partial charge in [0.25, 0.3) is 5.91 Å². The summed E-state index contributed by atoms with van der Waals surface area (Å²) in [5.74, 6) is -0.200. The number of rotatable bonds is 2. The van der Waals surface area contributed by atoms with Crippen molar-refractivity contribution in [2.45, 2.75) is 0 Å². The van der Waals surface area contributed by atoms with Gasteiger partial charge in [0.05, 0.1) is 0 Å². The second-order valence-electron chi connectivity index (χ2n) is 3.56. The predicted molar refractivity (Wildman–Crippen MR) is 66.5 cm³/mol. The Morgan fingerprint density at radius 2 is 2.17 bits per heavy atom. The molecule has 0 atom stereocenters. The largest absolute Gasteiger partial charge is 0.355 e. The van der Waals surface area contributed by atoms with Crippen LogP contribution >= 0.6 is 0 Å². The maximum Gasteiger partial charge on any atom is 0.331 e. The number of benzene rings is 1. The zero-order chi connectivity index (χ0) is 13.0. The van der Waals surface area contributed by atoms with E-state index in [1.54, 1.807) is 31.3 Å². The van der Waals surface area contributed by atoms with Crippen molar-refractivity contribution < 1.29 is 9.59 Å². The summed E-state index contributed by atoms with van der Waals surface area (Å²) in [7, 11) is 1.55. The second kappa shape index (κ2) is 5.13. The van der Waals surface area contributed by atoms with Crippen LogP contribution in [0.25, 0.3) is 0 Å². The third kappa shape index (κ3) is 2.54. The summed E-state index contributed by atoms with van der Waals surface area (Å²) in [4.78, 5) is 27.0. The molecule has 0 aliphatic heterocycles. The molecule has 0 bridgehead atoms. The zero-order valence-electron chi connectivity index (χ0n) is 9.75. The Labute approximate surface area is 104 Å². The van der Waals surface area contributed by atoms with Gasteiger partial charge in [0.2, 0.25) is 0 Å². The number of hydrogen-bond donors (Lipinski definition) is 2. The van der Waals surface area contributed by atoms with Gasteiger partial charge in [-0.3, -0.25) is 9.36 Å². The molecular weight excluding hydrogens is 232 g/mol. The molecule has 0 radical (unpaired) electrons. The lowest BCUT2D eigenvalue weighted by Crippen LogP contribution is -2.20. The smallest absolute Gasteiger partial charge is 0.331 e. The number of aromatic nitrogens is 2. The van der Waals surface area contributed by atoms with Crippen molar-refractivity contribution >= 4 is 17.6 Å². The Morgan fingerprint density at radius 3 is 2.83 bits per heavy atom. The Balaban J connectivity index is 2.15. The molecule has 0 spiro atoms. The van der Waals surface area contributed by atoms with Crippen molar-refractivity contribution in [3.63, 3.8) is 0 Å². The Hall–Kier alpha value is -2.63. The van der Waals surface area contributed by atoms with Crippen LogP contribution in [0.5, 0.6) is 0 Å². The van der Waals surface area contributed by atoms with Gasteiger partial charge in [-0.05, 0) is 18.2 Å². The summed E-state index contributed by atoms with van der Waals surface area (Å²) in [6.07, 6.45) is 4.45. The van der Waals surface area contributed by atoms with Gasteiger partial charge in [0.1, 0.15) is 6.33 Å². The summed E-state index contributed by atoms with van der Waals surface area (Å²) in [5, 5.41) is 5.19.